The van der Waals surface area contributed by atoms with Crippen molar-refractivity contribution in [1.29, 1.82) is 0 Å². The minimum atomic E-state index is -0.808. The Labute approximate surface area is 126 Å². The normalized spacial score (nSPS) is 15.7. The van der Waals surface area contributed by atoms with E-state index in [0.29, 0.717) is 13.0 Å². The Morgan fingerprint density at radius 1 is 1.24 bits per heavy atom. The molecule has 0 bridgehead atoms. The van der Waals surface area contributed by atoms with Crippen LogP contribution in [0.5, 0.6) is 5.75 Å². The van der Waals surface area contributed by atoms with Crippen molar-refractivity contribution in [3.63, 3.8) is 0 Å². The molecule has 0 heterocycles. The first-order valence-corrected chi connectivity index (χ1v) is 7.52. The maximum atomic E-state index is 10.2. The number of fused-ring (bicyclic) bond motifs is 1. The molecule has 2 aromatic carbocycles. The summed E-state index contributed by atoms with van der Waals surface area (Å²) in [5.41, 5.74) is 0.306. The van der Waals surface area contributed by atoms with Crippen LogP contribution in [0.1, 0.15) is 38.8 Å². The van der Waals surface area contributed by atoms with Gasteiger partial charge in [0.15, 0.2) is 0 Å². The van der Waals surface area contributed by atoms with E-state index in [9.17, 15) is 5.11 Å². The Hall–Kier alpha value is -1.58. The maximum absolute atomic E-state index is 10.2. The lowest BCUT2D eigenvalue weighted by atomic mass is 10.0. The smallest absolute Gasteiger partial charge is 0.132 e. The van der Waals surface area contributed by atoms with Crippen molar-refractivity contribution < 1.29 is 9.84 Å². The largest absolute Gasteiger partial charge is 0.490 e. The van der Waals surface area contributed by atoms with Crippen LogP contribution in [0.3, 0.4) is 0 Å². The number of hydrogen-bond donors (Lipinski definition) is 2. The fraction of sp³-hybridized carbons (Fsp3) is 0.444. The van der Waals surface area contributed by atoms with Crippen LogP contribution in [0.25, 0.3) is 10.8 Å². The van der Waals surface area contributed by atoms with Crippen molar-refractivity contribution >= 4 is 10.8 Å². The van der Waals surface area contributed by atoms with Gasteiger partial charge < -0.3 is 15.2 Å². The molecule has 2 N–H and O–H groups in total. The highest BCUT2D eigenvalue weighted by molar-refractivity contribution is 5.89. The van der Waals surface area contributed by atoms with Crippen molar-refractivity contribution in [3.05, 3.63) is 42.0 Å². The minimum absolute atomic E-state index is 0.191. The Morgan fingerprint density at radius 2 is 1.95 bits per heavy atom. The second kappa shape index (κ2) is 6.46. The van der Waals surface area contributed by atoms with Crippen molar-refractivity contribution in [2.75, 3.05) is 13.7 Å². The fourth-order valence-corrected chi connectivity index (χ4v) is 2.25. The van der Waals surface area contributed by atoms with E-state index in [1.807, 2.05) is 26.1 Å². The predicted molar refractivity (Wildman–Crippen MR) is 87.8 cm³/mol. The van der Waals surface area contributed by atoms with Gasteiger partial charge in [0.05, 0.1) is 5.60 Å². The molecule has 0 radical (unpaired) electrons. The molecule has 0 amide bonds. The van der Waals surface area contributed by atoms with Gasteiger partial charge in [0.2, 0.25) is 0 Å². The second-order valence-electron chi connectivity index (χ2n) is 5.85. The third kappa shape index (κ3) is 3.55. The first-order valence-electron chi connectivity index (χ1n) is 7.52. The van der Waals surface area contributed by atoms with Crippen molar-refractivity contribution in [1.82, 2.24) is 5.32 Å². The van der Waals surface area contributed by atoms with Crippen LogP contribution in [-0.2, 0) is 0 Å². The van der Waals surface area contributed by atoms with E-state index in [4.69, 9.17) is 4.74 Å². The van der Waals surface area contributed by atoms with Gasteiger partial charge >= 0.3 is 0 Å². The molecule has 2 atom stereocenters. The highest BCUT2D eigenvalue weighted by Gasteiger charge is 2.21. The van der Waals surface area contributed by atoms with E-state index < -0.39 is 5.60 Å². The van der Waals surface area contributed by atoms with E-state index in [-0.39, 0.29) is 6.04 Å². The molecule has 0 aliphatic heterocycles. The lowest BCUT2D eigenvalue weighted by molar-refractivity contribution is 0.00857. The van der Waals surface area contributed by atoms with Gasteiger partial charge in [0, 0.05) is 17.0 Å². The highest BCUT2D eigenvalue weighted by Crippen LogP contribution is 2.34. The molecule has 114 valence electrons. The lowest BCUT2D eigenvalue weighted by Gasteiger charge is -2.24. The van der Waals surface area contributed by atoms with Crippen LogP contribution in [0.2, 0.25) is 0 Å². The molecule has 0 aliphatic carbocycles. The SMILES string of the molecule is CCC(C)(O)COc1c(C(C)NC)ccc2ccccc12. The Kier molecular flexibility index (Phi) is 4.86. The third-order valence-corrected chi connectivity index (χ3v) is 4.10. The third-order valence-electron chi connectivity index (χ3n) is 4.10. The van der Waals surface area contributed by atoms with Crippen molar-refractivity contribution in [2.24, 2.45) is 0 Å². The average Bonchev–Trinajstić information content (AvgIpc) is 2.51. The summed E-state index contributed by atoms with van der Waals surface area (Å²) in [5.74, 6) is 0.865. The Morgan fingerprint density at radius 3 is 2.62 bits per heavy atom. The summed E-state index contributed by atoms with van der Waals surface area (Å²) < 4.78 is 6.04. The second-order valence-corrected chi connectivity index (χ2v) is 5.85. The average molecular weight is 287 g/mol. The predicted octanol–water partition coefficient (Wildman–Crippen LogP) is 3.66. The topological polar surface area (TPSA) is 41.5 Å². The zero-order valence-electron chi connectivity index (χ0n) is 13.3. The lowest BCUT2D eigenvalue weighted by Crippen LogP contribution is -2.31. The van der Waals surface area contributed by atoms with Crippen molar-refractivity contribution in [2.45, 2.75) is 38.8 Å². The Balaban J connectivity index is 2.45. The molecule has 2 aromatic rings. The van der Waals surface area contributed by atoms with E-state index in [1.165, 1.54) is 0 Å². The van der Waals surface area contributed by atoms with Crippen LogP contribution in [0, 0.1) is 0 Å². The molecule has 21 heavy (non-hydrogen) atoms. The molecule has 0 saturated heterocycles. The van der Waals surface area contributed by atoms with Gasteiger partial charge in [0.25, 0.3) is 0 Å². The molecule has 0 aliphatic rings. The molecule has 0 fully saturated rings. The molecular weight excluding hydrogens is 262 g/mol. The van der Waals surface area contributed by atoms with Gasteiger partial charge in [-0.3, -0.25) is 0 Å². The molecule has 2 rings (SSSR count). The van der Waals surface area contributed by atoms with Gasteiger partial charge in [-0.15, -0.1) is 0 Å². The first-order chi connectivity index (χ1) is 9.98. The van der Waals surface area contributed by atoms with Crippen LogP contribution < -0.4 is 10.1 Å². The standard InChI is InChI=1S/C18H25NO2/c1-5-18(3,20)12-21-17-15(13(2)19-4)11-10-14-8-6-7-9-16(14)17/h6-11,13,19-20H,5,12H2,1-4H3. The monoisotopic (exact) mass is 287 g/mol. The molecule has 3 heteroatoms. The fourth-order valence-electron chi connectivity index (χ4n) is 2.25. The van der Waals surface area contributed by atoms with E-state index >= 15 is 0 Å². The number of aliphatic hydroxyl groups is 1. The molecule has 0 aromatic heterocycles. The molecule has 3 nitrogen and oxygen atoms in total. The van der Waals surface area contributed by atoms with Gasteiger partial charge in [-0.25, -0.2) is 0 Å². The highest BCUT2D eigenvalue weighted by atomic mass is 16.5. The molecule has 2 unspecified atom stereocenters. The van der Waals surface area contributed by atoms with Gasteiger partial charge in [-0.1, -0.05) is 43.3 Å². The van der Waals surface area contributed by atoms with Crippen LogP contribution in [0.4, 0.5) is 0 Å². The zero-order chi connectivity index (χ0) is 15.5. The Bertz CT molecular complexity index is 607. The first kappa shape index (κ1) is 15.8. The maximum Gasteiger partial charge on any atom is 0.132 e. The van der Waals surface area contributed by atoms with Gasteiger partial charge in [-0.2, -0.15) is 0 Å². The summed E-state index contributed by atoms with van der Waals surface area (Å²) in [7, 11) is 1.94. The molecule has 0 saturated carbocycles. The summed E-state index contributed by atoms with van der Waals surface area (Å²) in [6, 6.07) is 12.6. The van der Waals surface area contributed by atoms with E-state index in [0.717, 1.165) is 22.1 Å². The summed E-state index contributed by atoms with van der Waals surface area (Å²) in [4.78, 5) is 0. The number of rotatable bonds is 6. The van der Waals surface area contributed by atoms with Crippen molar-refractivity contribution in [3.8, 4) is 5.75 Å². The minimum Gasteiger partial charge on any atom is -0.490 e. The molecule has 0 spiro atoms. The van der Waals surface area contributed by atoms with Gasteiger partial charge in [-0.05, 0) is 32.7 Å². The van der Waals surface area contributed by atoms with E-state index in [1.54, 1.807) is 6.92 Å². The molecular formula is C18H25NO2. The number of benzene rings is 2. The zero-order valence-corrected chi connectivity index (χ0v) is 13.3. The summed E-state index contributed by atoms with van der Waals surface area (Å²) >= 11 is 0. The number of ether oxygens (including phenoxy) is 1. The number of nitrogens with one attached hydrogen (secondary N) is 1. The quantitative estimate of drug-likeness (QED) is 0.852. The van der Waals surface area contributed by atoms with Crippen LogP contribution in [0.15, 0.2) is 36.4 Å². The summed E-state index contributed by atoms with van der Waals surface area (Å²) in [6.07, 6.45) is 0.661. The summed E-state index contributed by atoms with van der Waals surface area (Å²) in [5, 5.41) is 15.7. The van der Waals surface area contributed by atoms with Gasteiger partial charge in [0.1, 0.15) is 12.4 Å². The van der Waals surface area contributed by atoms with E-state index in [2.05, 4.69) is 36.5 Å². The number of hydrogen-bond acceptors (Lipinski definition) is 3. The van der Waals surface area contributed by atoms with Crippen LogP contribution in [-0.4, -0.2) is 24.4 Å². The summed E-state index contributed by atoms with van der Waals surface area (Å²) in [6.45, 7) is 6.17. The van der Waals surface area contributed by atoms with Crippen LogP contribution >= 0.6 is 0 Å².